The summed E-state index contributed by atoms with van der Waals surface area (Å²) in [6.07, 6.45) is 0. The van der Waals surface area contributed by atoms with Crippen LogP contribution in [-0.2, 0) is 99.4 Å². The van der Waals surface area contributed by atoms with Gasteiger partial charge >= 0.3 is 0 Å². The maximum Gasteiger partial charge on any atom is 0.200 e. The maximum absolute atomic E-state index is 9.30. The van der Waals surface area contributed by atoms with Gasteiger partial charge in [-0.25, -0.2) is 0 Å². The number of hydrogen-bond acceptors (Lipinski definition) is 6. The molecule has 0 heterocycles. The van der Waals surface area contributed by atoms with Gasteiger partial charge in [-0.05, 0) is 26.2 Å². The van der Waals surface area contributed by atoms with Crippen molar-refractivity contribution in [3.63, 3.8) is 0 Å². The molecule has 0 aromatic carbocycles. The van der Waals surface area contributed by atoms with E-state index in [9.17, 15) is 9.59 Å². The van der Waals surface area contributed by atoms with Crippen LogP contribution in [0, 0.1) is 0 Å². The summed E-state index contributed by atoms with van der Waals surface area (Å²) >= 11 is 0. The molecule has 25 heavy (non-hydrogen) atoms. The van der Waals surface area contributed by atoms with Crippen LogP contribution in [0.15, 0.2) is 0 Å². The van der Waals surface area contributed by atoms with Gasteiger partial charge in [0.15, 0.2) is 15.7 Å². The zero-order valence-electron chi connectivity index (χ0n) is 16.5. The van der Waals surface area contributed by atoms with Gasteiger partial charge < -0.3 is 57.4 Å². The molecule has 11 nitrogen and oxygen atoms in total. The van der Waals surface area contributed by atoms with Crippen molar-refractivity contribution < 1.29 is 157 Å². The number of aliphatic hydroxyl groups excluding tert-OH is 4. The van der Waals surface area contributed by atoms with E-state index in [1.54, 1.807) is 26.2 Å². The molecular formula is C8H40Cd2Nb2O11Si2. The summed E-state index contributed by atoms with van der Waals surface area (Å²) in [7, 11) is -0.329. The van der Waals surface area contributed by atoms with Gasteiger partial charge in [0.2, 0.25) is 0 Å². The van der Waals surface area contributed by atoms with Crippen molar-refractivity contribution in [1.82, 2.24) is 0 Å². The summed E-state index contributed by atoms with van der Waals surface area (Å²) < 4.78 is 0. The Hall–Kier alpha value is 3.32. The molecule has 0 bridgehead atoms. The summed E-state index contributed by atoms with van der Waals surface area (Å²) in [5.74, 6) is 0. The summed E-state index contributed by atoms with van der Waals surface area (Å²) in [5.41, 5.74) is 0. The predicted octanol–water partition coefficient (Wildman–Crippen LogP) is -5.24. The first kappa shape index (κ1) is 103. The second kappa shape index (κ2) is 80.6. The molecule has 0 saturated carbocycles. The van der Waals surface area contributed by atoms with Gasteiger partial charge in [0.05, 0.1) is 0 Å². The monoisotopic (exact) mass is 782 g/mol. The van der Waals surface area contributed by atoms with Crippen LogP contribution >= 0.6 is 0 Å². The number of aliphatic hydroxyl groups is 4. The molecule has 0 aliphatic carbocycles. The van der Waals surface area contributed by atoms with Crippen LogP contribution in [-0.4, -0.2) is 102 Å². The van der Waals surface area contributed by atoms with E-state index >= 15 is 0 Å². The smallest absolute Gasteiger partial charge is 0.200 e. The van der Waals surface area contributed by atoms with Crippen LogP contribution in [0.2, 0.25) is 26.2 Å². The first-order valence-electron chi connectivity index (χ1n) is 4.49. The summed E-state index contributed by atoms with van der Waals surface area (Å²) in [6, 6.07) is 0. The maximum atomic E-state index is 9.30. The Morgan fingerprint density at radius 1 is 0.400 bits per heavy atom. The average molecular weight is 779 g/mol. The van der Waals surface area contributed by atoms with Crippen molar-refractivity contribution in [2.45, 2.75) is 26.2 Å². The topological polar surface area (TPSA) is 279 Å². The molecular weight excluding hydrogens is 739 g/mol. The zero-order chi connectivity index (χ0) is 15.0. The Kier molecular flexibility index (Phi) is 333. The molecule has 0 fully saturated rings. The summed E-state index contributed by atoms with van der Waals surface area (Å²) in [5, 5.41) is 28.0. The Bertz CT molecular complexity index is 103. The molecule has 0 aromatic heterocycles. The van der Waals surface area contributed by atoms with Crippen molar-refractivity contribution in [2.75, 3.05) is 28.4 Å². The minimum absolute atomic E-state index is 0. The van der Waals surface area contributed by atoms with E-state index in [0.717, 1.165) is 28.4 Å². The van der Waals surface area contributed by atoms with E-state index in [-0.39, 0.29) is 127 Å². The van der Waals surface area contributed by atoms with E-state index in [0.29, 0.717) is 0 Å². The molecule has 0 aliphatic rings. The van der Waals surface area contributed by atoms with Crippen LogP contribution in [0.5, 0.6) is 0 Å². The molecule has 0 spiro atoms. The second-order valence-electron chi connectivity index (χ2n) is 3.12. The molecule has 0 amide bonds. The van der Waals surface area contributed by atoms with E-state index in [4.69, 9.17) is 20.4 Å². The average Bonchev–Trinajstić information content (AvgIpc) is 2.27. The van der Waals surface area contributed by atoms with Gasteiger partial charge in [0.1, 0.15) is 0 Å². The Morgan fingerprint density at radius 2 is 0.440 bits per heavy atom. The largest absolute Gasteiger partial charge is 0.432 e. The van der Waals surface area contributed by atoms with Gasteiger partial charge in [-0.3, -0.25) is 0 Å². The third-order valence-corrected chi connectivity index (χ3v) is 13.5. The summed E-state index contributed by atoms with van der Waals surface area (Å²) in [4.78, 5) is 18.6. The molecule has 160 valence electrons. The van der Waals surface area contributed by atoms with E-state index in [1.165, 1.54) is 0 Å². The van der Waals surface area contributed by atoms with Crippen LogP contribution in [0.1, 0.15) is 0 Å². The molecule has 17 heteroatoms. The minimum Gasteiger partial charge on any atom is -0.432 e. The van der Waals surface area contributed by atoms with Crippen molar-refractivity contribution in [1.29, 1.82) is 0 Å². The normalized spacial score (nSPS) is 5.52. The molecule has 0 atom stereocenters. The van der Waals surface area contributed by atoms with Crippen molar-refractivity contribution >= 4 is 15.7 Å². The van der Waals surface area contributed by atoms with Gasteiger partial charge in [-0.1, -0.05) is 0 Å². The van der Waals surface area contributed by atoms with Crippen molar-refractivity contribution in [3.8, 4) is 0 Å². The number of rotatable bonds is 1. The van der Waals surface area contributed by atoms with Crippen LogP contribution in [0.3, 0.4) is 0 Å². The zero-order valence-corrected chi connectivity index (χ0v) is 31.0. The van der Waals surface area contributed by atoms with Gasteiger partial charge in [-0.2, -0.15) is 0 Å². The Balaban J connectivity index is -0.00000000537. The van der Waals surface area contributed by atoms with E-state index < -0.39 is 15.7 Å². The molecule has 16 N–H and O–H groups in total. The fraction of sp³-hybridized carbons (Fsp3) is 1.00. The van der Waals surface area contributed by atoms with Crippen molar-refractivity contribution in [3.05, 3.63) is 0 Å². The summed E-state index contributed by atoms with van der Waals surface area (Å²) in [6.45, 7) is 7.11. The quantitative estimate of drug-likeness (QED) is 0.141. The van der Waals surface area contributed by atoms with Gasteiger partial charge in [-0.15, -0.1) is 0 Å². The fourth-order valence-corrected chi connectivity index (χ4v) is 0. The van der Waals surface area contributed by atoms with Crippen LogP contribution in [0.4, 0.5) is 0 Å². The third-order valence-electron chi connectivity index (χ3n) is 1.50. The number of hydrogen-bond donors (Lipinski definition) is 6. The first-order chi connectivity index (χ1) is 7.25. The minimum atomic E-state index is -2.16. The Morgan fingerprint density at radius 3 is 0.440 bits per heavy atom. The Labute approximate surface area is 224 Å². The van der Waals surface area contributed by atoms with E-state index in [2.05, 4.69) is 0 Å². The fourth-order valence-electron chi connectivity index (χ4n) is 0. The standard InChI is InChI=1S/C4H14O2Si2.4CH4O.2Cd.2Nb.5H2O/c1-7(2,5)8(3,4)6;4*1-2;;;;;;;;;/h5-6H,1-4H3;4*2H,1H3;;;;;5*1H2. The first-order valence-corrected chi connectivity index (χ1v) is 11.4. The third kappa shape index (κ3) is 115. The molecule has 0 unspecified atom stereocenters. The van der Waals surface area contributed by atoms with Crippen LogP contribution in [0.25, 0.3) is 0 Å². The van der Waals surface area contributed by atoms with Gasteiger partial charge in [0.25, 0.3) is 0 Å². The molecule has 0 saturated heterocycles. The van der Waals surface area contributed by atoms with E-state index in [1.807, 2.05) is 0 Å². The molecule has 2 radical (unpaired) electrons. The van der Waals surface area contributed by atoms with Gasteiger partial charge in [0, 0.05) is 128 Å². The molecule has 0 aliphatic heterocycles. The van der Waals surface area contributed by atoms with Crippen LogP contribution < -0.4 is 0 Å². The molecule has 0 aromatic rings. The predicted molar refractivity (Wildman–Crippen MR) is 90.0 cm³/mol. The SMILES string of the molecule is CO.CO.CO.CO.C[Si](C)(O)[Si](C)(C)O.O.O.O.O.O.[Cd].[Cd].[Nb].[Nb]. The second-order valence-corrected chi connectivity index (χ2v) is 16.7. The van der Waals surface area contributed by atoms with Crippen molar-refractivity contribution in [2.24, 2.45) is 0 Å². The molecule has 0 rings (SSSR count).